The van der Waals surface area contributed by atoms with Gasteiger partial charge in [0.2, 0.25) is 0 Å². The van der Waals surface area contributed by atoms with E-state index in [-0.39, 0.29) is 0 Å². The fourth-order valence-corrected chi connectivity index (χ4v) is 3.96. The number of pyridine rings is 1. The number of aliphatic hydroxyl groups is 1. The summed E-state index contributed by atoms with van der Waals surface area (Å²) in [5.74, 6) is 5.83. The fraction of sp³-hybridized carbons (Fsp3) is 0.500. The highest BCUT2D eigenvalue weighted by atomic mass is 28.3. The Bertz CT molecular complexity index is 1100. The van der Waals surface area contributed by atoms with E-state index in [9.17, 15) is 5.11 Å². The molecule has 0 fully saturated rings. The minimum atomic E-state index is -1.10. The molecule has 0 aliphatic carbocycles. The van der Waals surface area contributed by atoms with E-state index in [2.05, 4.69) is 66.2 Å². The van der Waals surface area contributed by atoms with Gasteiger partial charge in [-0.3, -0.25) is 0 Å². The van der Waals surface area contributed by atoms with Crippen LogP contribution in [0.1, 0.15) is 39.4 Å². The van der Waals surface area contributed by atoms with Gasteiger partial charge in [0.05, 0.1) is 17.9 Å². The average Bonchev–Trinajstić information content (AvgIpc) is 3.26. The van der Waals surface area contributed by atoms with Crippen molar-refractivity contribution in [2.24, 2.45) is 0 Å². The maximum absolute atomic E-state index is 9.91. The molecule has 0 amide bonds. The molecule has 31 heavy (non-hydrogen) atoms. The van der Waals surface area contributed by atoms with Gasteiger partial charge in [0.15, 0.2) is 0 Å². The Morgan fingerprint density at radius 2 is 1.94 bits per heavy atom. The Labute approximate surface area is 186 Å². The first kappa shape index (κ1) is 23.3. The summed E-state index contributed by atoms with van der Waals surface area (Å²) in [6.45, 7) is 15.9. The second-order valence-corrected chi connectivity index (χ2v) is 15.7. The maximum Gasteiger partial charge on any atom is 0.139 e. The summed E-state index contributed by atoms with van der Waals surface area (Å²) in [4.78, 5) is 4.49. The molecule has 0 unspecified atom stereocenters. The van der Waals surface area contributed by atoms with Crippen molar-refractivity contribution in [2.75, 3.05) is 6.61 Å². The van der Waals surface area contributed by atoms with Gasteiger partial charge >= 0.3 is 0 Å². The third-order valence-electron chi connectivity index (χ3n) is 4.94. The van der Waals surface area contributed by atoms with E-state index in [4.69, 9.17) is 4.74 Å². The summed E-state index contributed by atoms with van der Waals surface area (Å²) in [5.41, 5.74) is 2.76. The van der Waals surface area contributed by atoms with Crippen LogP contribution in [0.4, 0.5) is 0 Å². The molecular formula is C24H34N4O2Si. The molecule has 0 radical (unpaired) electrons. The van der Waals surface area contributed by atoms with Gasteiger partial charge in [0, 0.05) is 49.6 Å². The number of hydrogen-bond acceptors (Lipinski definition) is 4. The largest absolute Gasteiger partial charge is 0.378 e. The molecule has 6 nitrogen and oxygen atoms in total. The highest BCUT2D eigenvalue weighted by Gasteiger charge is 2.16. The summed E-state index contributed by atoms with van der Waals surface area (Å²) >= 11 is 0. The molecule has 3 aromatic heterocycles. The topological polar surface area (TPSA) is 65.1 Å². The molecule has 3 heterocycles. The molecule has 0 aliphatic heterocycles. The summed E-state index contributed by atoms with van der Waals surface area (Å²) < 4.78 is 9.89. The van der Waals surface area contributed by atoms with Crippen LogP contribution in [0.5, 0.6) is 0 Å². The zero-order valence-corrected chi connectivity index (χ0v) is 20.7. The van der Waals surface area contributed by atoms with Crippen molar-refractivity contribution in [1.82, 2.24) is 19.3 Å². The Hall–Kier alpha value is -2.40. The predicted octanol–water partition coefficient (Wildman–Crippen LogP) is 4.92. The van der Waals surface area contributed by atoms with Gasteiger partial charge in [-0.25, -0.2) is 9.67 Å². The highest BCUT2D eigenvalue weighted by Crippen LogP contribution is 2.32. The van der Waals surface area contributed by atoms with Crippen LogP contribution in [0.25, 0.3) is 22.0 Å². The molecule has 0 saturated heterocycles. The zero-order valence-electron chi connectivity index (χ0n) is 19.7. The standard InChI is InChI=1S/C24H34N4O2Si/c1-18(2)28-16-22(19-13-26-27(15-19)17-30-10-11-31(5,6)7)21-12-20(25-14-23(21)28)8-9-24(3,4)29/h12-16,18,29H,10-11,17H2,1-7H3. The fourth-order valence-electron chi connectivity index (χ4n) is 3.20. The molecule has 3 rings (SSSR count). The van der Waals surface area contributed by atoms with Gasteiger partial charge in [-0.15, -0.1) is 0 Å². The average molecular weight is 439 g/mol. The van der Waals surface area contributed by atoms with Crippen LogP contribution in [0.2, 0.25) is 25.7 Å². The number of aromatic nitrogens is 4. The molecule has 0 aliphatic rings. The summed E-state index contributed by atoms with van der Waals surface area (Å²) in [7, 11) is -1.10. The molecule has 0 atom stereocenters. The molecular weight excluding hydrogens is 404 g/mol. The van der Waals surface area contributed by atoms with Crippen LogP contribution in [0.3, 0.4) is 0 Å². The maximum atomic E-state index is 9.91. The monoisotopic (exact) mass is 438 g/mol. The first-order valence-corrected chi connectivity index (χ1v) is 14.5. The van der Waals surface area contributed by atoms with E-state index in [0.717, 1.165) is 34.7 Å². The lowest BCUT2D eigenvalue weighted by Crippen LogP contribution is -2.22. The second kappa shape index (κ2) is 8.99. The van der Waals surface area contributed by atoms with Crippen molar-refractivity contribution in [3.05, 3.63) is 36.5 Å². The van der Waals surface area contributed by atoms with E-state index in [1.165, 1.54) is 0 Å². The molecule has 166 valence electrons. The van der Waals surface area contributed by atoms with Crippen LogP contribution in [0.15, 0.2) is 30.9 Å². The SMILES string of the molecule is CC(C)n1cc(-c2cnn(COCC[Si](C)(C)C)c2)c2cc(C#CC(C)(C)O)ncc21. The summed E-state index contributed by atoms with van der Waals surface area (Å²) in [5, 5.41) is 15.5. The smallest absolute Gasteiger partial charge is 0.139 e. The first-order valence-electron chi connectivity index (χ1n) is 10.8. The molecule has 0 saturated carbocycles. The van der Waals surface area contributed by atoms with Crippen LogP contribution < -0.4 is 0 Å². The van der Waals surface area contributed by atoms with Gasteiger partial charge in [0.25, 0.3) is 0 Å². The van der Waals surface area contributed by atoms with Crippen molar-refractivity contribution >= 4 is 19.0 Å². The lowest BCUT2D eigenvalue weighted by Gasteiger charge is -2.15. The van der Waals surface area contributed by atoms with Crippen LogP contribution in [-0.2, 0) is 11.5 Å². The lowest BCUT2D eigenvalue weighted by molar-refractivity contribution is 0.0786. The minimum absolute atomic E-state index is 0.298. The Kier molecular flexibility index (Phi) is 6.75. The molecule has 3 aromatic rings. The van der Waals surface area contributed by atoms with E-state index in [1.807, 2.05) is 29.3 Å². The van der Waals surface area contributed by atoms with E-state index in [0.29, 0.717) is 18.5 Å². The molecule has 0 spiro atoms. The summed E-state index contributed by atoms with van der Waals surface area (Å²) in [6.07, 6.45) is 7.91. The summed E-state index contributed by atoms with van der Waals surface area (Å²) in [6, 6.07) is 3.43. The van der Waals surface area contributed by atoms with Crippen molar-refractivity contribution < 1.29 is 9.84 Å². The number of hydrogen-bond donors (Lipinski definition) is 1. The van der Waals surface area contributed by atoms with Crippen molar-refractivity contribution in [1.29, 1.82) is 0 Å². The van der Waals surface area contributed by atoms with Crippen molar-refractivity contribution in [2.45, 2.75) is 71.8 Å². The Balaban J connectivity index is 1.90. The van der Waals surface area contributed by atoms with Crippen LogP contribution in [0, 0.1) is 11.8 Å². The zero-order chi connectivity index (χ0) is 22.8. The van der Waals surface area contributed by atoms with Gasteiger partial charge in [-0.1, -0.05) is 25.6 Å². The normalized spacial score (nSPS) is 12.4. The third-order valence-corrected chi connectivity index (χ3v) is 6.64. The van der Waals surface area contributed by atoms with E-state index >= 15 is 0 Å². The quantitative estimate of drug-likeness (QED) is 0.323. The first-order chi connectivity index (χ1) is 14.4. The van der Waals surface area contributed by atoms with Crippen LogP contribution >= 0.6 is 0 Å². The number of nitrogens with zero attached hydrogens (tertiary/aromatic N) is 4. The number of rotatable bonds is 7. The Morgan fingerprint density at radius 1 is 1.19 bits per heavy atom. The van der Waals surface area contributed by atoms with E-state index < -0.39 is 13.7 Å². The van der Waals surface area contributed by atoms with Crippen molar-refractivity contribution in [3.63, 3.8) is 0 Å². The molecule has 0 aromatic carbocycles. The Morgan fingerprint density at radius 3 is 2.58 bits per heavy atom. The minimum Gasteiger partial charge on any atom is -0.378 e. The van der Waals surface area contributed by atoms with Crippen LogP contribution in [-0.4, -0.2) is 44.7 Å². The number of ether oxygens (including phenoxy) is 1. The van der Waals surface area contributed by atoms with Gasteiger partial charge in [-0.05, 0) is 45.7 Å². The molecule has 1 N–H and O–H groups in total. The van der Waals surface area contributed by atoms with E-state index in [1.54, 1.807) is 13.8 Å². The molecule has 0 bridgehead atoms. The molecule has 7 heteroatoms. The highest BCUT2D eigenvalue weighted by molar-refractivity contribution is 6.76. The van der Waals surface area contributed by atoms with Gasteiger partial charge in [-0.2, -0.15) is 5.10 Å². The lowest BCUT2D eigenvalue weighted by atomic mass is 10.1. The predicted molar refractivity (Wildman–Crippen MR) is 129 cm³/mol. The van der Waals surface area contributed by atoms with Gasteiger partial charge in [0.1, 0.15) is 18.0 Å². The number of fused-ring (bicyclic) bond motifs is 1. The second-order valence-electron chi connectivity index (χ2n) is 10.1. The third kappa shape index (κ3) is 6.29. The van der Waals surface area contributed by atoms with Gasteiger partial charge < -0.3 is 14.4 Å². The van der Waals surface area contributed by atoms with Crippen molar-refractivity contribution in [3.8, 4) is 23.0 Å².